The Morgan fingerprint density at radius 1 is 1.14 bits per heavy atom. The van der Waals surface area contributed by atoms with Crippen LogP contribution in [0.4, 0.5) is 0 Å². The first-order valence-corrected chi connectivity index (χ1v) is 5.56. The lowest BCUT2D eigenvalue weighted by Gasteiger charge is -2.14. The second kappa shape index (κ2) is 4.85. The van der Waals surface area contributed by atoms with Gasteiger partial charge >= 0.3 is 0 Å². The normalized spacial score (nSPS) is 12.9. The predicted octanol–water partition coefficient (Wildman–Crippen LogP) is 2.97. The molecule has 78 valence electrons. The average molecular weight is 210 g/mol. The van der Waals surface area contributed by atoms with Crippen molar-refractivity contribution in [3.63, 3.8) is 0 Å². The lowest BCUT2D eigenvalue weighted by Crippen LogP contribution is -2.02. The Morgan fingerprint density at radius 2 is 1.71 bits per heavy atom. The molecule has 1 nitrogen and oxygen atoms in total. The number of aliphatic hydroxyl groups is 1. The van der Waals surface area contributed by atoms with E-state index in [1.165, 1.54) is 16.7 Å². The van der Waals surface area contributed by atoms with Gasteiger partial charge in [0.1, 0.15) is 0 Å². The molecule has 0 fully saturated rings. The van der Waals surface area contributed by atoms with Crippen LogP contribution in [0, 0.1) is 20.8 Å². The van der Waals surface area contributed by atoms with Gasteiger partial charge in [-0.2, -0.15) is 12.6 Å². The maximum absolute atomic E-state index is 9.87. The molecule has 1 unspecified atom stereocenters. The van der Waals surface area contributed by atoms with Crippen LogP contribution in [-0.2, 0) is 0 Å². The standard InChI is InChI=1S/C12H18OS/c1-8-6-10(3)11(7-9(8)2)12(13)4-5-14/h6-7,12-14H,4-5H2,1-3H3. The zero-order valence-electron chi connectivity index (χ0n) is 9.04. The molecule has 0 amide bonds. The van der Waals surface area contributed by atoms with Crippen molar-refractivity contribution in [2.45, 2.75) is 33.3 Å². The third kappa shape index (κ3) is 2.52. The minimum atomic E-state index is -0.369. The smallest absolute Gasteiger partial charge is 0.0800 e. The van der Waals surface area contributed by atoms with E-state index in [1.54, 1.807) is 0 Å². The summed E-state index contributed by atoms with van der Waals surface area (Å²) in [5.74, 6) is 0.716. The Hall–Kier alpha value is -0.470. The molecule has 0 aliphatic rings. The van der Waals surface area contributed by atoms with E-state index in [0.717, 1.165) is 5.56 Å². The Balaban J connectivity index is 3.02. The highest BCUT2D eigenvalue weighted by molar-refractivity contribution is 7.80. The molecule has 0 saturated carbocycles. The zero-order chi connectivity index (χ0) is 10.7. The highest BCUT2D eigenvalue weighted by atomic mass is 32.1. The molecule has 0 heterocycles. The molecule has 14 heavy (non-hydrogen) atoms. The lowest BCUT2D eigenvalue weighted by molar-refractivity contribution is 0.174. The number of benzene rings is 1. The van der Waals surface area contributed by atoms with Crippen molar-refractivity contribution in [3.05, 3.63) is 34.4 Å². The van der Waals surface area contributed by atoms with Crippen molar-refractivity contribution in [2.75, 3.05) is 5.75 Å². The van der Waals surface area contributed by atoms with Crippen LogP contribution in [0.1, 0.15) is 34.8 Å². The van der Waals surface area contributed by atoms with Gasteiger partial charge in [-0.1, -0.05) is 12.1 Å². The maximum Gasteiger partial charge on any atom is 0.0800 e. The topological polar surface area (TPSA) is 20.2 Å². The summed E-state index contributed by atoms with van der Waals surface area (Å²) in [6.07, 6.45) is 0.346. The van der Waals surface area contributed by atoms with Gasteiger partial charge in [0.05, 0.1) is 6.10 Å². The highest BCUT2D eigenvalue weighted by Crippen LogP contribution is 2.24. The predicted molar refractivity (Wildman–Crippen MR) is 64.1 cm³/mol. The highest BCUT2D eigenvalue weighted by Gasteiger charge is 2.10. The number of aliphatic hydroxyl groups excluding tert-OH is 1. The molecular formula is C12H18OS. The van der Waals surface area contributed by atoms with Gasteiger partial charge in [0, 0.05) is 0 Å². The number of rotatable bonds is 3. The number of hydrogen-bond acceptors (Lipinski definition) is 2. The van der Waals surface area contributed by atoms with Gasteiger partial charge in [-0.25, -0.2) is 0 Å². The van der Waals surface area contributed by atoms with E-state index in [-0.39, 0.29) is 6.10 Å². The second-order valence-electron chi connectivity index (χ2n) is 3.82. The third-order valence-electron chi connectivity index (χ3n) is 2.64. The summed E-state index contributed by atoms with van der Waals surface area (Å²) in [6, 6.07) is 4.21. The van der Waals surface area contributed by atoms with E-state index < -0.39 is 0 Å². The van der Waals surface area contributed by atoms with Gasteiger partial charge < -0.3 is 5.11 Å². The molecular weight excluding hydrogens is 192 g/mol. The van der Waals surface area contributed by atoms with E-state index in [9.17, 15) is 5.11 Å². The van der Waals surface area contributed by atoms with Crippen molar-refractivity contribution in [1.29, 1.82) is 0 Å². The van der Waals surface area contributed by atoms with Crippen LogP contribution in [0.3, 0.4) is 0 Å². The average Bonchev–Trinajstić information content (AvgIpc) is 2.11. The second-order valence-corrected chi connectivity index (χ2v) is 4.27. The Kier molecular flexibility index (Phi) is 4.02. The minimum absolute atomic E-state index is 0.369. The van der Waals surface area contributed by atoms with Gasteiger partial charge in [-0.3, -0.25) is 0 Å². The number of aryl methyl sites for hydroxylation is 3. The summed E-state index contributed by atoms with van der Waals surface area (Å²) in [4.78, 5) is 0. The summed E-state index contributed by atoms with van der Waals surface area (Å²) in [5.41, 5.74) is 4.73. The quantitative estimate of drug-likeness (QED) is 0.735. The molecule has 0 aromatic heterocycles. The molecule has 1 rings (SSSR count). The Morgan fingerprint density at radius 3 is 2.29 bits per heavy atom. The molecule has 0 aliphatic heterocycles. The number of thiol groups is 1. The Bertz CT molecular complexity index is 320. The molecule has 1 aromatic rings. The first-order chi connectivity index (χ1) is 6.56. The SMILES string of the molecule is Cc1cc(C)c(C(O)CCS)cc1C. The van der Waals surface area contributed by atoms with Gasteiger partial charge in [-0.15, -0.1) is 0 Å². The molecule has 0 radical (unpaired) electrons. The molecule has 0 aliphatic carbocycles. The van der Waals surface area contributed by atoms with Crippen LogP contribution in [0.15, 0.2) is 12.1 Å². The monoisotopic (exact) mass is 210 g/mol. The van der Waals surface area contributed by atoms with E-state index in [2.05, 4.69) is 38.6 Å². The van der Waals surface area contributed by atoms with Crippen LogP contribution < -0.4 is 0 Å². The molecule has 0 saturated heterocycles. The van der Waals surface area contributed by atoms with Crippen molar-refractivity contribution < 1.29 is 5.11 Å². The van der Waals surface area contributed by atoms with Crippen molar-refractivity contribution in [1.82, 2.24) is 0 Å². The van der Waals surface area contributed by atoms with Crippen molar-refractivity contribution in [2.24, 2.45) is 0 Å². The van der Waals surface area contributed by atoms with Gasteiger partial charge in [0.25, 0.3) is 0 Å². The summed E-state index contributed by atoms with van der Waals surface area (Å²) < 4.78 is 0. The fourth-order valence-electron chi connectivity index (χ4n) is 1.62. The molecule has 1 aromatic carbocycles. The first-order valence-electron chi connectivity index (χ1n) is 4.93. The van der Waals surface area contributed by atoms with Crippen LogP contribution in [-0.4, -0.2) is 10.9 Å². The summed E-state index contributed by atoms with van der Waals surface area (Å²) in [7, 11) is 0. The maximum atomic E-state index is 9.87. The van der Waals surface area contributed by atoms with Crippen LogP contribution in [0.25, 0.3) is 0 Å². The van der Waals surface area contributed by atoms with Crippen LogP contribution >= 0.6 is 12.6 Å². The summed E-state index contributed by atoms with van der Waals surface area (Å²) >= 11 is 4.13. The molecule has 0 bridgehead atoms. The molecule has 1 atom stereocenters. The summed E-state index contributed by atoms with van der Waals surface area (Å²) in [5, 5.41) is 9.87. The Labute approximate surface area is 91.6 Å². The minimum Gasteiger partial charge on any atom is -0.388 e. The first kappa shape index (κ1) is 11.6. The van der Waals surface area contributed by atoms with Gasteiger partial charge in [0.15, 0.2) is 0 Å². The fourth-order valence-corrected chi connectivity index (χ4v) is 1.86. The molecule has 2 heteroatoms. The number of hydrogen-bond donors (Lipinski definition) is 2. The van der Waals surface area contributed by atoms with Crippen molar-refractivity contribution in [3.8, 4) is 0 Å². The van der Waals surface area contributed by atoms with Crippen LogP contribution in [0.2, 0.25) is 0 Å². The molecule has 1 N–H and O–H groups in total. The van der Waals surface area contributed by atoms with E-state index in [1.807, 2.05) is 6.92 Å². The van der Waals surface area contributed by atoms with Gasteiger partial charge in [0.2, 0.25) is 0 Å². The van der Waals surface area contributed by atoms with E-state index >= 15 is 0 Å². The summed E-state index contributed by atoms with van der Waals surface area (Å²) in [6.45, 7) is 6.21. The van der Waals surface area contributed by atoms with E-state index in [4.69, 9.17) is 0 Å². The van der Waals surface area contributed by atoms with Gasteiger partial charge in [-0.05, 0) is 55.2 Å². The zero-order valence-corrected chi connectivity index (χ0v) is 9.94. The fraction of sp³-hybridized carbons (Fsp3) is 0.500. The van der Waals surface area contributed by atoms with E-state index in [0.29, 0.717) is 12.2 Å². The van der Waals surface area contributed by atoms with Crippen LogP contribution in [0.5, 0.6) is 0 Å². The lowest BCUT2D eigenvalue weighted by atomic mass is 9.96. The molecule has 0 spiro atoms. The largest absolute Gasteiger partial charge is 0.388 e. The third-order valence-corrected chi connectivity index (χ3v) is 2.90. The van der Waals surface area contributed by atoms with Crippen molar-refractivity contribution >= 4 is 12.6 Å².